The molecule has 1 heterocycles. The SMILES string of the molecule is CO[C@H]1CN(C)C(=O)c2cc(NC(=O)C3CC3)ccc2OC[C@H](C)N(C(=O)c2ccccc2F)C[C@@H]1C. The average Bonchev–Trinajstić information content (AvgIpc) is 3.74. The van der Waals surface area contributed by atoms with Gasteiger partial charge in [0.25, 0.3) is 11.8 Å². The van der Waals surface area contributed by atoms with E-state index in [2.05, 4.69) is 5.32 Å². The molecule has 0 saturated heterocycles. The number of rotatable bonds is 4. The molecule has 3 atom stereocenters. The molecule has 37 heavy (non-hydrogen) atoms. The van der Waals surface area contributed by atoms with Gasteiger partial charge in [-0.15, -0.1) is 0 Å². The van der Waals surface area contributed by atoms with E-state index in [0.717, 1.165) is 12.8 Å². The minimum atomic E-state index is -0.584. The number of hydrogen-bond donors (Lipinski definition) is 1. The fraction of sp³-hybridized carbons (Fsp3) is 0.464. The van der Waals surface area contributed by atoms with Crippen molar-refractivity contribution >= 4 is 23.4 Å². The number of anilines is 1. The molecule has 0 unspecified atom stereocenters. The third kappa shape index (κ3) is 6.10. The van der Waals surface area contributed by atoms with E-state index in [1.807, 2.05) is 13.8 Å². The molecule has 0 aromatic heterocycles. The van der Waals surface area contributed by atoms with Gasteiger partial charge in [0.15, 0.2) is 0 Å². The number of amides is 3. The summed E-state index contributed by atoms with van der Waals surface area (Å²) in [6, 6.07) is 10.5. The van der Waals surface area contributed by atoms with Crippen LogP contribution in [0.3, 0.4) is 0 Å². The summed E-state index contributed by atoms with van der Waals surface area (Å²) in [7, 11) is 3.25. The Hall–Kier alpha value is -3.46. The van der Waals surface area contributed by atoms with Gasteiger partial charge >= 0.3 is 0 Å². The first-order valence-electron chi connectivity index (χ1n) is 12.6. The fourth-order valence-corrected chi connectivity index (χ4v) is 4.52. The predicted molar refractivity (Wildman–Crippen MR) is 137 cm³/mol. The molecule has 9 heteroatoms. The Kier molecular flexibility index (Phi) is 8.12. The standard InChI is InChI=1S/C28H34FN3O5/c1-17-14-32(28(35)21-7-5-6-8-23(21)29)18(2)16-37-24-12-11-20(30-26(33)19-9-10-19)13-22(24)27(34)31(3)15-25(17)36-4/h5-8,11-13,17-19,25H,9-10,14-16H2,1-4H3,(H,30,33)/t17-,18-,25-/m0/s1. The highest BCUT2D eigenvalue weighted by Gasteiger charge is 2.32. The topological polar surface area (TPSA) is 88.2 Å². The number of hydrogen-bond acceptors (Lipinski definition) is 5. The van der Waals surface area contributed by atoms with E-state index in [4.69, 9.17) is 9.47 Å². The van der Waals surface area contributed by atoms with Gasteiger partial charge in [0.1, 0.15) is 18.2 Å². The summed E-state index contributed by atoms with van der Waals surface area (Å²) >= 11 is 0. The maximum Gasteiger partial charge on any atom is 0.257 e. The molecule has 1 saturated carbocycles. The number of ether oxygens (including phenoxy) is 2. The summed E-state index contributed by atoms with van der Waals surface area (Å²) < 4.78 is 26.3. The summed E-state index contributed by atoms with van der Waals surface area (Å²) in [5, 5.41) is 2.88. The van der Waals surface area contributed by atoms with E-state index in [0.29, 0.717) is 17.0 Å². The second-order valence-corrected chi connectivity index (χ2v) is 10.0. The Labute approximate surface area is 216 Å². The summed E-state index contributed by atoms with van der Waals surface area (Å²) in [4.78, 5) is 42.3. The lowest BCUT2D eigenvalue weighted by Gasteiger charge is -2.36. The van der Waals surface area contributed by atoms with Crippen LogP contribution in [-0.2, 0) is 9.53 Å². The highest BCUT2D eigenvalue weighted by Crippen LogP contribution is 2.32. The molecule has 1 aliphatic carbocycles. The van der Waals surface area contributed by atoms with Crippen molar-refractivity contribution in [3.05, 3.63) is 59.4 Å². The van der Waals surface area contributed by atoms with E-state index in [1.165, 1.54) is 12.1 Å². The van der Waals surface area contributed by atoms with Crippen LogP contribution in [0.5, 0.6) is 5.75 Å². The van der Waals surface area contributed by atoms with Crippen LogP contribution in [0.25, 0.3) is 0 Å². The molecule has 0 bridgehead atoms. The Morgan fingerprint density at radius 1 is 1.11 bits per heavy atom. The van der Waals surface area contributed by atoms with Crippen molar-refractivity contribution in [3.8, 4) is 5.75 Å². The normalized spacial score (nSPS) is 22.8. The lowest BCUT2D eigenvalue weighted by Crippen LogP contribution is -2.48. The maximum atomic E-state index is 14.5. The molecule has 0 spiro atoms. The second-order valence-electron chi connectivity index (χ2n) is 10.0. The van der Waals surface area contributed by atoms with Gasteiger partial charge in [-0.25, -0.2) is 4.39 Å². The van der Waals surface area contributed by atoms with E-state index in [1.54, 1.807) is 54.3 Å². The quantitative estimate of drug-likeness (QED) is 0.674. The summed E-state index contributed by atoms with van der Waals surface area (Å²) in [5.74, 6) is -1.14. The van der Waals surface area contributed by atoms with Gasteiger partial charge in [-0.3, -0.25) is 14.4 Å². The van der Waals surface area contributed by atoms with E-state index in [9.17, 15) is 18.8 Å². The summed E-state index contributed by atoms with van der Waals surface area (Å²) in [6.07, 6.45) is 1.37. The third-order valence-corrected chi connectivity index (χ3v) is 7.03. The first-order valence-corrected chi connectivity index (χ1v) is 12.6. The van der Waals surface area contributed by atoms with Crippen molar-refractivity contribution in [2.75, 3.05) is 39.2 Å². The highest BCUT2D eigenvalue weighted by atomic mass is 19.1. The number of benzene rings is 2. The molecule has 1 fully saturated rings. The van der Waals surface area contributed by atoms with E-state index < -0.39 is 17.8 Å². The zero-order valence-electron chi connectivity index (χ0n) is 21.7. The van der Waals surface area contributed by atoms with Crippen molar-refractivity contribution in [1.82, 2.24) is 9.80 Å². The van der Waals surface area contributed by atoms with Crippen LogP contribution < -0.4 is 10.1 Å². The van der Waals surface area contributed by atoms with E-state index in [-0.39, 0.29) is 55.0 Å². The van der Waals surface area contributed by atoms with Crippen LogP contribution in [-0.4, -0.2) is 73.5 Å². The Bertz CT molecular complexity index is 1170. The molecule has 3 amide bonds. The molecule has 1 N–H and O–H groups in total. The van der Waals surface area contributed by atoms with Gasteiger partial charge in [0.05, 0.1) is 23.3 Å². The summed E-state index contributed by atoms with van der Waals surface area (Å²) in [5.41, 5.74) is 0.818. The largest absolute Gasteiger partial charge is 0.491 e. The smallest absolute Gasteiger partial charge is 0.257 e. The number of halogens is 1. The molecule has 1 aliphatic heterocycles. The minimum Gasteiger partial charge on any atom is -0.491 e. The number of likely N-dealkylation sites (N-methyl/N-ethyl adjacent to an activating group) is 1. The molecular weight excluding hydrogens is 477 g/mol. The van der Waals surface area contributed by atoms with Crippen LogP contribution in [0.4, 0.5) is 10.1 Å². The number of fused-ring (bicyclic) bond motifs is 1. The minimum absolute atomic E-state index is 0.00801. The molecule has 8 nitrogen and oxygen atoms in total. The van der Waals surface area contributed by atoms with Crippen molar-refractivity contribution in [2.45, 2.75) is 38.8 Å². The lowest BCUT2D eigenvalue weighted by atomic mass is 10.0. The first-order chi connectivity index (χ1) is 17.7. The zero-order valence-corrected chi connectivity index (χ0v) is 21.7. The van der Waals surface area contributed by atoms with Crippen molar-refractivity contribution in [2.24, 2.45) is 11.8 Å². The molecule has 2 aromatic carbocycles. The second kappa shape index (κ2) is 11.3. The van der Waals surface area contributed by atoms with Crippen molar-refractivity contribution in [3.63, 3.8) is 0 Å². The van der Waals surface area contributed by atoms with Gasteiger partial charge < -0.3 is 24.6 Å². The average molecular weight is 512 g/mol. The Morgan fingerprint density at radius 2 is 1.84 bits per heavy atom. The molecular formula is C28H34FN3O5. The highest BCUT2D eigenvalue weighted by molar-refractivity contribution is 6.00. The predicted octanol–water partition coefficient (Wildman–Crippen LogP) is 3.82. The Balaban J connectivity index is 1.66. The van der Waals surface area contributed by atoms with Gasteiger partial charge in [-0.05, 0) is 50.1 Å². The van der Waals surface area contributed by atoms with Gasteiger partial charge in [-0.1, -0.05) is 19.1 Å². The molecule has 4 rings (SSSR count). The number of carbonyl (C=O) groups excluding carboxylic acids is 3. The van der Waals surface area contributed by atoms with Crippen LogP contribution in [0.2, 0.25) is 0 Å². The lowest BCUT2D eigenvalue weighted by molar-refractivity contribution is -0.117. The summed E-state index contributed by atoms with van der Waals surface area (Å²) in [6.45, 7) is 4.41. The molecule has 2 aromatic rings. The first kappa shape index (κ1) is 26.6. The van der Waals surface area contributed by atoms with Crippen LogP contribution in [0.1, 0.15) is 47.4 Å². The third-order valence-electron chi connectivity index (χ3n) is 7.03. The number of nitrogens with zero attached hydrogens (tertiary/aromatic N) is 2. The van der Waals surface area contributed by atoms with Crippen LogP contribution in [0, 0.1) is 17.7 Å². The van der Waals surface area contributed by atoms with E-state index >= 15 is 0 Å². The molecule has 0 radical (unpaired) electrons. The maximum absolute atomic E-state index is 14.5. The number of methoxy groups -OCH3 is 1. The van der Waals surface area contributed by atoms with Gasteiger partial charge in [0.2, 0.25) is 5.91 Å². The number of carbonyl (C=O) groups is 3. The zero-order chi connectivity index (χ0) is 26.7. The van der Waals surface area contributed by atoms with Gasteiger partial charge in [-0.2, -0.15) is 0 Å². The van der Waals surface area contributed by atoms with Gasteiger partial charge in [0, 0.05) is 44.8 Å². The molecule has 2 aliphatic rings. The monoisotopic (exact) mass is 511 g/mol. The van der Waals surface area contributed by atoms with Crippen molar-refractivity contribution < 1.29 is 28.2 Å². The Morgan fingerprint density at radius 3 is 2.51 bits per heavy atom. The van der Waals surface area contributed by atoms with Crippen molar-refractivity contribution in [1.29, 1.82) is 0 Å². The van der Waals surface area contributed by atoms with Crippen LogP contribution in [0.15, 0.2) is 42.5 Å². The van der Waals surface area contributed by atoms with Crippen LogP contribution >= 0.6 is 0 Å². The fourth-order valence-electron chi connectivity index (χ4n) is 4.52. The number of nitrogens with one attached hydrogen (secondary N) is 1. The molecule has 198 valence electrons.